The van der Waals surface area contributed by atoms with Gasteiger partial charge < -0.3 is 14.9 Å². The first-order valence-electron chi connectivity index (χ1n) is 6.57. The van der Waals surface area contributed by atoms with Gasteiger partial charge in [-0.1, -0.05) is 25.9 Å². The van der Waals surface area contributed by atoms with Crippen LogP contribution in [0.25, 0.3) is 0 Å². The standard InChI is InChI=1S/C13H19N3O4/c1-6(10-15-12(16-20-10)13(2,3)4)14-9(17)7-5-8(7)11(18)19/h6-8H,5H2,1-4H3,(H,14,17)(H,18,19)/t6-,7+,8+/m0/s1. The van der Waals surface area contributed by atoms with Gasteiger partial charge in [-0.3, -0.25) is 9.59 Å². The van der Waals surface area contributed by atoms with Crippen LogP contribution in [-0.4, -0.2) is 27.1 Å². The lowest BCUT2D eigenvalue weighted by atomic mass is 9.96. The van der Waals surface area contributed by atoms with Gasteiger partial charge in [-0.05, 0) is 13.3 Å². The SMILES string of the molecule is C[C@H](NC(=O)[C@@H]1C[C@H]1C(=O)O)c1nc(C(C)(C)C)no1. The Hall–Kier alpha value is -1.92. The van der Waals surface area contributed by atoms with Crippen molar-refractivity contribution >= 4 is 11.9 Å². The number of aromatic nitrogens is 2. The molecule has 1 fully saturated rings. The summed E-state index contributed by atoms with van der Waals surface area (Å²) in [5.74, 6) is -1.31. The topological polar surface area (TPSA) is 105 Å². The van der Waals surface area contributed by atoms with Crippen molar-refractivity contribution in [2.45, 2.75) is 45.6 Å². The summed E-state index contributed by atoms with van der Waals surface area (Å²) in [5, 5.41) is 15.4. The number of carboxylic acid groups (broad SMARTS) is 1. The summed E-state index contributed by atoms with van der Waals surface area (Å²) in [6.45, 7) is 7.63. The van der Waals surface area contributed by atoms with E-state index in [1.54, 1.807) is 6.92 Å². The van der Waals surface area contributed by atoms with Crippen molar-refractivity contribution < 1.29 is 19.2 Å². The largest absolute Gasteiger partial charge is 0.481 e. The van der Waals surface area contributed by atoms with Crippen LogP contribution in [0.5, 0.6) is 0 Å². The molecule has 0 radical (unpaired) electrons. The van der Waals surface area contributed by atoms with E-state index < -0.39 is 23.8 Å². The van der Waals surface area contributed by atoms with E-state index in [0.717, 1.165) is 0 Å². The summed E-state index contributed by atoms with van der Waals surface area (Å²) in [4.78, 5) is 26.8. The van der Waals surface area contributed by atoms with Crippen molar-refractivity contribution in [3.63, 3.8) is 0 Å². The molecular weight excluding hydrogens is 262 g/mol. The molecule has 1 aromatic rings. The van der Waals surface area contributed by atoms with E-state index in [0.29, 0.717) is 18.1 Å². The number of nitrogens with zero attached hydrogens (tertiary/aromatic N) is 2. The van der Waals surface area contributed by atoms with E-state index in [9.17, 15) is 9.59 Å². The van der Waals surface area contributed by atoms with Crippen LogP contribution in [0.3, 0.4) is 0 Å². The monoisotopic (exact) mass is 281 g/mol. The Balaban J connectivity index is 1.95. The predicted octanol–water partition coefficient (Wildman–Crippen LogP) is 1.27. The number of rotatable bonds is 4. The summed E-state index contributed by atoms with van der Waals surface area (Å²) in [7, 11) is 0. The van der Waals surface area contributed by atoms with E-state index in [2.05, 4.69) is 15.5 Å². The zero-order chi connectivity index (χ0) is 15.1. The molecule has 3 atom stereocenters. The van der Waals surface area contributed by atoms with Gasteiger partial charge in [0.05, 0.1) is 11.8 Å². The van der Waals surface area contributed by atoms with Crippen molar-refractivity contribution in [1.82, 2.24) is 15.5 Å². The number of carbonyl (C=O) groups is 2. The highest BCUT2D eigenvalue weighted by Gasteiger charge is 2.48. The van der Waals surface area contributed by atoms with Crippen LogP contribution in [0.2, 0.25) is 0 Å². The zero-order valence-corrected chi connectivity index (χ0v) is 12.0. The highest BCUT2D eigenvalue weighted by atomic mass is 16.5. The third-order valence-electron chi connectivity index (χ3n) is 3.29. The van der Waals surface area contributed by atoms with Gasteiger partial charge in [-0.2, -0.15) is 4.98 Å². The molecule has 1 aliphatic rings. The molecule has 1 saturated carbocycles. The van der Waals surface area contributed by atoms with Gasteiger partial charge in [0.15, 0.2) is 5.82 Å². The Bertz CT molecular complexity index is 532. The molecule has 0 saturated heterocycles. The molecule has 1 aromatic heterocycles. The van der Waals surface area contributed by atoms with Crippen LogP contribution in [0, 0.1) is 11.8 Å². The van der Waals surface area contributed by atoms with Crippen LogP contribution < -0.4 is 5.32 Å². The lowest BCUT2D eigenvalue weighted by molar-refractivity contribution is -0.140. The van der Waals surface area contributed by atoms with Crippen LogP contribution in [0.4, 0.5) is 0 Å². The van der Waals surface area contributed by atoms with Crippen LogP contribution in [-0.2, 0) is 15.0 Å². The summed E-state index contributed by atoms with van der Waals surface area (Å²) >= 11 is 0. The van der Waals surface area contributed by atoms with Crippen molar-refractivity contribution in [1.29, 1.82) is 0 Å². The molecule has 110 valence electrons. The maximum atomic E-state index is 11.8. The second-order valence-electron chi connectivity index (χ2n) is 6.22. The second kappa shape index (κ2) is 4.88. The number of hydrogen-bond acceptors (Lipinski definition) is 5. The Morgan fingerprint density at radius 3 is 2.50 bits per heavy atom. The van der Waals surface area contributed by atoms with Gasteiger partial charge in [0, 0.05) is 5.41 Å². The summed E-state index contributed by atoms with van der Waals surface area (Å²) in [6, 6.07) is -0.429. The second-order valence-corrected chi connectivity index (χ2v) is 6.22. The van der Waals surface area contributed by atoms with E-state index >= 15 is 0 Å². The predicted molar refractivity (Wildman–Crippen MR) is 68.8 cm³/mol. The average Bonchev–Trinajstić information content (AvgIpc) is 2.96. The van der Waals surface area contributed by atoms with Crippen molar-refractivity contribution in [3.05, 3.63) is 11.7 Å². The average molecular weight is 281 g/mol. The first kappa shape index (κ1) is 14.5. The van der Waals surface area contributed by atoms with Crippen LogP contribution in [0.15, 0.2) is 4.52 Å². The smallest absolute Gasteiger partial charge is 0.307 e. The fourth-order valence-corrected chi connectivity index (χ4v) is 1.86. The molecule has 2 rings (SSSR count). The molecule has 20 heavy (non-hydrogen) atoms. The summed E-state index contributed by atoms with van der Waals surface area (Å²) < 4.78 is 5.14. The Kier molecular flexibility index (Phi) is 3.54. The van der Waals surface area contributed by atoms with E-state index in [-0.39, 0.29) is 11.3 Å². The van der Waals surface area contributed by atoms with Crippen LogP contribution >= 0.6 is 0 Å². The number of hydrogen-bond donors (Lipinski definition) is 2. The molecule has 1 heterocycles. The maximum absolute atomic E-state index is 11.8. The molecule has 2 N–H and O–H groups in total. The van der Waals surface area contributed by atoms with Crippen molar-refractivity contribution in [2.75, 3.05) is 0 Å². The molecule has 0 aromatic carbocycles. The number of aliphatic carboxylic acids is 1. The van der Waals surface area contributed by atoms with Gasteiger partial charge in [-0.15, -0.1) is 0 Å². The zero-order valence-electron chi connectivity index (χ0n) is 12.0. The molecule has 7 heteroatoms. The van der Waals surface area contributed by atoms with Crippen molar-refractivity contribution in [3.8, 4) is 0 Å². The molecule has 7 nitrogen and oxygen atoms in total. The summed E-state index contributed by atoms with van der Waals surface area (Å²) in [5.41, 5.74) is -0.226. The highest BCUT2D eigenvalue weighted by molar-refractivity contribution is 5.89. The van der Waals surface area contributed by atoms with Gasteiger partial charge in [0.25, 0.3) is 0 Å². The quantitative estimate of drug-likeness (QED) is 0.860. The molecule has 1 amide bonds. The first-order valence-corrected chi connectivity index (χ1v) is 6.57. The minimum atomic E-state index is -0.925. The Morgan fingerprint density at radius 2 is 2.05 bits per heavy atom. The van der Waals surface area contributed by atoms with Gasteiger partial charge in [0.1, 0.15) is 6.04 Å². The summed E-state index contributed by atoms with van der Waals surface area (Å²) in [6.07, 6.45) is 0.394. The van der Waals surface area contributed by atoms with Crippen LogP contribution in [0.1, 0.15) is 51.9 Å². The van der Waals surface area contributed by atoms with E-state index in [1.165, 1.54) is 0 Å². The molecule has 0 unspecified atom stereocenters. The highest BCUT2D eigenvalue weighted by Crippen LogP contribution is 2.39. The number of amides is 1. The van der Waals surface area contributed by atoms with Gasteiger partial charge in [-0.25, -0.2) is 0 Å². The first-order chi connectivity index (χ1) is 9.20. The fraction of sp³-hybridized carbons (Fsp3) is 0.692. The molecular formula is C13H19N3O4. The maximum Gasteiger partial charge on any atom is 0.307 e. The minimum absolute atomic E-state index is 0.226. The lowest BCUT2D eigenvalue weighted by Crippen LogP contribution is -2.29. The van der Waals surface area contributed by atoms with Gasteiger partial charge >= 0.3 is 5.97 Å². The molecule has 0 aliphatic heterocycles. The molecule has 0 bridgehead atoms. The van der Waals surface area contributed by atoms with E-state index in [1.807, 2.05) is 20.8 Å². The third-order valence-corrected chi connectivity index (χ3v) is 3.29. The molecule has 1 aliphatic carbocycles. The van der Waals surface area contributed by atoms with Crippen molar-refractivity contribution in [2.24, 2.45) is 11.8 Å². The van der Waals surface area contributed by atoms with E-state index in [4.69, 9.17) is 9.63 Å². The fourth-order valence-electron chi connectivity index (χ4n) is 1.86. The third kappa shape index (κ3) is 2.97. The molecule has 0 spiro atoms. The number of nitrogens with one attached hydrogen (secondary N) is 1. The number of carbonyl (C=O) groups excluding carboxylic acids is 1. The minimum Gasteiger partial charge on any atom is -0.481 e. The van der Waals surface area contributed by atoms with Gasteiger partial charge in [0.2, 0.25) is 11.8 Å². The Morgan fingerprint density at radius 1 is 1.40 bits per heavy atom. The lowest BCUT2D eigenvalue weighted by Gasteiger charge is -2.11. The Labute approximate surface area is 116 Å². The number of carboxylic acids is 1. The normalized spacial score (nSPS) is 23.2.